The minimum absolute atomic E-state index is 0.602. The molecule has 1 aliphatic carbocycles. The van der Waals surface area contributed by atoms with Gasteiger partial charge in [-0.2, -0.15) is 0 Å². The Kier molecular flexibility index (Phi) is 4.77. The average molecular weight is 197 g/mol. The minimum Gasteiger partial charge on any atom is -0.370 e. The van der Waals surface area contributed by atoms with Crippen LogP contribution in [0, 0.1) is 11.8 Å². The molecule has 3 N–H and O–H groups in total. The Morgan fingerprint density at radius 3 is 2.79 bits per heavy atom. The van der Waals surface area contributed by atoms with Crippen LogP contribution in [0.2, 0.25) is 0 Å². The van der Waals surface area contributed by atoms with Crippen LogP contribution in [0.4, 0.5) is 0 Å². The SMILES string of the molecule is CCNC(N)=NCC1CCCCC1C. The van der Waals surface area contributed by atoms with E-state index in [0.29, 0.717) is 5.96 Å². The lowest BCUT2D eigenvalue weighted by Crippen LogP contribution is -2.32. The fraction of sp³-hybridized carbons (Fsp3) is 0.909. The summed E-state index contributed by atoms with van der Waals surface area (Å²) < 4.78 is 0. The Morgan fingerprint density at radius 2 is 2.14 bits per heavy atom. The van der Waals surface area contributed by atoms with Crippen molar-refractivity contribution in [3.8, 4) is 0 Å². The second-order valence-corrected chi connectivity index (χ2v) is 4.28. The number of rotatable bonds is 3. The maximum Gasteiger partial charge on any atom is 0.188 e. The highest BCUT2D eigenvalue weighted by molar-refractivity contribution is 5.77. The molecule has 0 amide bonds. The van der Waals surface area contributed by atoms with E-state index in [2.05, 4.69) is 17.2 Å². The molecule has 1 fully saturated rings. The molecule has 0 radical (unpaired) electrons. The van der Waals surface area contributed by atoms with Crippen molar-refractivity contribution in [2.24, 2.45) is 22.6 Å². The number of nitrogens with two attached hydrogens (primary N) is 1. The van der Waals surface area contributed by atoms with Crippen molar-refractivity contribution in [2.75, 3.05) is 13.1 Å². The van der Waals surface area contributed by atoms with Crippen molar-refractivity contribution in [3.63, 3.8) is 0 Å². The van der Waals surface area contributed by atoms with Crippen LogP contribution >= 0.6 is 0 Å². The van der Waals surface area contributed by atoms with Gasteiger partial charge in [-0.25, -0.2) is 0 Å². The standard InChI is InChI=1S/C11H23N3/c1-3-13-11(12)14-8-10-7-5-4-6-9(10)2/h9-10H,3-8H2,1-2H3,(H3,12,13,14). The summed E-state index contributed by atoms with van der Waals surface area (Å²) in [4.78, 5) is 4.37. The summed E-state index contributed by atoms with van der Waals surface area (Å²) in [6.45, 7) is 6.13. The van der Waals surface area contributed by atoms with Crippen LogP contribution in [0.15, 0.2) is 4.99 Å². The van der Waals surface area contributed by atoms with Gasteiger partial charge < -0.3 is 11.1 Å². The van der Waals surface area contributed by atoms with Crippen LogP contribution in [0.3, 0.4) is 0 Å². The summed E-state index contributed by atoms with van der Waals surface area (Å²) in [5.74, 6) is 2.17. The Morgan fingerprint density at radius 1 is 1.43 bits per heavy atom. The number of guanidine groups is 1. The molecule has 1 rings (SSSR count). The third-order valence-corrected chi connectivity index (χ3v) is 3.14. The molecule has 1 saturated carbocycles. The Labute approximate surface area is 87.2 Å². The predicted octanol–water partition coefficient (Wildman–Crippen LogP) is 1.74. The maximum atomic E-state index is 5.69. The zero-order chi connectivity index (χ0) is 10.4. The molecule has 0 heterocycles. The molecular weight excluding hydrogens is 174 g/mol. The van der Waals surface area contributed by atoms with Crippen molar-refractivity contribution < 1.29 is 0 Å². The van der Waals surface area contributed by atoms with Gasteiger partial charge in [0.15, 0.2) is 5.96 Å². The van der Waals surface area contributed by atoms with E-state index in [0.717, 1.165) is 24.9 Å². The first-order valence-electron chi connectivity index (χ1n) is 5.77. The zero-order valence-corrected chi connectivity index (χ0v) is 9.42. The summed E-state index contributed by atoms with van der Waals surface area (Å²) in [6, 6.07) is 0. The lowest BCUT2D eigenvalue weighted by atomic mass is 9.80. The molecule has 1 aliphatic rings. The second-order valence-electron chi connectivity index (χ2n) is 4.28. The van der Waals surface area contributed by atoms with Gasteiger partial charge in [0, 0.05) is 13.1 Å². The van der Waals surface area contributed by atoms with Gasteiger partial charge in [-0.05, 0) is 25.2 Å². The van der Waals surface area contributed by atoms with E-state index in [-0.39, 0.29) is 0 Å². The number of hydrogen-bond acceptors (Lipinski definition) is 1. The molecule has 14 heavy (non-hydrogen) atoms. The Hall–Kier alpha value is -0.730. The molecule has 0 aromatic carbocycles. The van der Waals surface area contributed by atoms with Crippen molar-refractivity contribution in [1.82, 2.24) is 5.32 Å². The number of aliphatic imine (C=N–C) groups is 1. The number of hydrogen-bond donors (Lipinski definition) is 2. The number of nitrogens with zero attached hydrogens (tertiary/aromatic N) is 1. The van der Waals surface area contributed by atoms with Gasteiger partial charge in [-0.15, -0.1) is 0 Å². The van der Waals surface area contributed by atoms with Crippen molar-refractivity contribution in [1.29, 1.82) is 0 Å². The lowest BCUT2D eigenvalue weighted by Gasteiger charge is -2.27. The molecule has 2 unspecified atom stereocenters. The first-order chi connectivity index (χ1) is 6.74. The summed E-state index contributed by atoms with van der Waals surface area (Å²) in [5, 5.41) is 3.03. The number of nitrogens with one attached hydrogen (secondary N) is 1. The second kappa shape index (κ2) is 5.89. The molecule has 2 atom stereocenters. The van der Waals surface area contributed by atoms with E-state index >= 15 is 0 Å². The minimum atomic E-state index is 0.602. The van der Waals surface area contributed by atoms with Crippen molar-refractivity contribution in [3.05, 3.63) is 0 Å². The maximum absolute atomic E-state index is 5.69. The fourth-order valence-electron chi connectivity index (χ4n) is 2.12. The van der Waals surface area contributed by atoms with Crippen LogP contribution in [0.5, 0.6) is 0 Å². The van der Waals surface area contributed by atoms with Crippen LogP contribution in [0.25, 0.3) is 0 Å². The predicted molar refractivity (Wildman–Crippen MR) is 61.3 cm³/mol. The van der Waals surface area contributed by atoms with Crippen molar-refractivity contribution in [2.45, 2.75) is 39.5 Å². The summed E-state index contributed by atoms with van der Waals surface area (Å²) in [5.41, 5.74) is 5.69. The summed E-state index contributed by atoms with van der Waals surface area (Å²) >= 11 is 0. The quantitative estimate of drug-likeness (QED) is 0.535. The van der Waals surface area contributed by atoms with Gasteiger partial charge in [0.25, 0.3) is 0 Å². The van der Waals surface area contributed by atoms with Gasteiger partial charge in [0.1, 0.15) is 0 Å². The van der Waals surface area contributed by atoms with E-state index in [4.69, 9.17) is 5.73 Å². The average Bonchev–Trinajstić information content (AvgIpc) is 2.17. The molecule has 0 aromatic rings. The molecule has 0 saturated heterocycles. The summed E-state index contributed by atoms with van der Waals surface area (Å²) in [6.07, 6.45) is 5.45. The lowest BCUT2D eigenvalue weighted by molar-refractivity contribution is 0.263. The third-order valence-electron chi connectivity index (χ3n) is 3.14. The van der Waals surface area contributed by atoms with Gasteiger partial charge in [0.2, 0.25) is 0 Å². The van der Waals surface area contributed by atoms with Gasteiger partial charge >= 0.3 is 0 Å². The van der Waals surface area contributed by atoms with E-state index in [1.807, 2.05) is 6.92 Å². The topological polar surface area (TPSA) is 50.4 Å². The van der Waals surface area contributed by atoms with E-state index in [1.165, 1.54) is 25.7 Å². The monoisotopic (exact) mass is 197 g/mol. The Balaban J connectivity index is 2.31. The molecule has 82 valence electrons. The van der Waals surface area contributed by atoms with Crippen LogP contribution in [-0.4, -0.2) is 19.0 Å². The normalized spacial score (nSPS) is 28.9. The molecule has 0 aliphatic heterocycles. The largest absolute Gasteiger partial charge is 0.370 e. The van der Waals surface area contributed by atoms with E-state index in [9.17, 15) is 0 Å². The van der Waals surface area contributed by atoms with Gasteiger partial charge in [-0.3, -0.25) is 4.99 Å². The van der Waals surface area contributed by atoms with Crippen molar-refractivity contribution >= 4 is 5.96 Å². The molecule has 0 spiro atoms. The van der Waals surface area contributed by atoms with Crippen LogP contribution in [0.1, 0.15) is 39.5 Å². The third kappa shape index (κ3) is 3.56. The molecule has 0 aromatic heterocycles. The zero-order valence-electron chi connectivity index (χ0n) is 9.42. The molecule has 0 bridgehead atoms. The molecule has 3 nitrogen and oxygen atoms in total. The highest BCUT2D eigenvalue weighted by Gasteiger charge is 2.20. The molecule has 3 heteroatoms. The Bertz CT molecular complexity index is 189. The van der Waals surface area contributed by atoms with Crippen LogP contribution < -0.4 is 11.1 Å². The highest BCUT2D eigenvalue weighted by Crippen LogP contribution is 2.29. The van der Waals surface area contributed by atoms with Crippen LogP contribution in [-0.2, 0) is 0 Å². The summed E-state index contributed by atoms with van der Waals surface area (Å²) in [7, 11) is 0. The van der Waals surface area contributed by atoms with E-state index < -0.39 is 0 Å². The van der Waals surface area contributed by atoms with E-state index in [1.54, 1.807) is 0 Å². The molecular formula is C11H23N3. The van der Waals surface area contributed by atoms with Gasteiger partial charge in [-0.1, -0.05) is 26.2 Å². The smallest absolute Gasteiger partial charge is 0.188 e. The first-order valence-corrected chi connectivity index (χ1v) is 5.77. The highest BCUT2D eigenvalue weighted by atomic mass is 15.1. The van der Waals surface area contributed by atoms with Gasteiger partial charge in [0.05, 0.1) is 0 Å². The fourth-order valence-corrected chi connectivity index (χ4v) is 2.12. The first kappa shape index (κ1) is 11.3.